The van der Waals surface area contributed by atoms with Crippen molar-refractivity contribution in [2.24, 2.45) is 7.05 Å². The van der Waals surface area contributed by atoms with E-state index in [1.54, 1.807) is 13.2 Å². The smallest absolute Gasteiger partial charge is 0.244 e. The maximum absolute atomic E-state index is 13.1. The van der Waals surface area contributed by atoms with E-state index < -0.39 is 0 Å². The first-order valence-electron chi connectivity index (χ1n) is 11.7. The van der Waals surface area contributed by atoms with Crippen molar-refractivity contribution >= 4 is 22.9 Å². The average molecular weight is 467 g/mol. The van der Waals surface area contributed by atoms with Gasteiger partial charge >= 0.3 is 0 Å². The maximum atomic E-state index is 13.1. The highest BCUT2D eigenvalue weighted by molar-refractivity contribution is 6.02. The summed E-state index contributed by atoms with van der Waals surface area (Å²) in [7, 11) is 3.72. The molecule has 0 fully saturated rings. The first kappa shape index (κ1) is 21.5. The van der Waals surface area contributed by atoms with Crippen LogP contribution in [0.1, 0.15) is 22.7 Å². The molecule has 3 aromatic carbocycles. The quantitative estimate of drug-likeness (QED) is 0.420. The number of amides is 1. The Labute approximate surface area is 203 Å². The molecular formula is C29H26N2O4. The van der Waals surface area contributed by atoms with Gasteiger partial charge in [0.2, 0.25) is 12.7 Å². The Balaban J connectivity index is 1.38. The molecule has 0 bridgehead atoms. The zero-order valence-corrected chi connectivity index (χ0v) is 19.7. The number of nitrogens with one attached hydrogen (secondary N) is 1. The standard InChI is InChI=1S/C29H26N2O4/c1-31-23-16-25-24(34-17-35-25)15-22(23)21(29(31)18-8-4-3-5-9-18)12-13-27(32)30-28-20-11-7-6-10-19(20)14-26(28)33-2/h3-13,15-16,26,28H,14,17H2,1-2H3,(H,30,32)/t26-,28+/m0/s1. The second-order valence-electron chi connectivity index (χ2n) is 8.91. The van der Waals surface area contributed by atoms with Crippen molar-refractivity contribution in [3.8, 4) is 22.8 Å². The first-order chi connectivity index (χ1) is 17.1. The van der Waals surface area contributed by atoms with E-state index in [9.17, 15) is 4.79 Å². The minimum atomic E-state index is -0.178. The molecule has 2 atom stereocenters. The number of aromatic nitrogens is 1. The van der Waals surface area contributed by atoms with E-state index in [0.717, 1.165) is 45.5 Å². The molecule has 176 valence electrons. The first-order valence-corrected chi connectivity index (χ1v) is 11.7. The fourth-order valence-electron chi connectivity index (χ4n) is 5.28. The Morgan fingerprint density at radius 2 is 1.80 bits per heavy atom. The molecule has 1 amide bonds. The number of fused-ring (bicyclic) bond motifs is 3. The van der Waals surface area contributed by atoms with Crippen LogP contribution in [0, 0.1) is 0 Å². The molecule has 35 heavy (non-hydrogen) atoms. The van der Waals surface area contributed by atoms with Crippen LogP contribution in [-0.2, 0) is 23.0 Å². The summed E-state index contributed by atoms with van der Waals surface area (Å²) in [5, 5.41) is 4.16. The van der Waals surface area contributed by atoms with Gasteiger partial charge in [0.05, 0.1) is 23.4 Å². The zero-order valence-electron chi connectivity index (χ0n) is 19.7. The van der Waals surface area contributed by atoms with Gasteiger partial charge in [-0.25, -0.2) is 0 Å². The second-order valence-corrected chi connectivity index (χ2v) is 8.91. The number of ether oxygens (including phenoxy) is 3. The molecule has 2 heterocycles. The molecule has 6 heteroatoms. The molecule has 2 aliphatic rings. The topological polar surface area (TPSA) is 61.7 Å². The van der Waals surface area contributed by atoms with Gasteiger partial charge in [-0.2, -0.15) is 0 Å². The molecule has 4 aromatic rings. The van der Waals surface area contributed by atoms with Gasteiger partial charge in [-0.15, -0.1) is 0 Å². The van der Waals surface area contributed by atoms with Crippen molar-refractivity contribution < 1.29 is 19.0 Å². The monoisotopic (exact) mass is 466 g/mol. The Morgan fingerprint density at radius 1 is 1.06 bits per heavy atom. The van der Waals surface area contributed by atoms with E-state index >= 15 is 0 Å². The van der Waals surface area contributed by atoms with Gasteiger partial charge in [-0.3, -0.25) is 4.79 Å². The number of carbonyl (C=O) groups is 1. The van der Waals surface area contributed by atoms with Crippen LogP contribution in [0.3, 0.4) is 0 Å². The molecule has 0 saturated carbocycles. The van der Waals surface area contributed by atoms with Crippen molar-refractivity contribution in [2.75, 3.05) is 13.9 Å². The lowest BCUT2D eigenvalue weighted by Gasteiger charge is -2.20. The maximum Gasteiger partial charge on any atom is 0.244 e. The van der Waals surface area contributed by atoms with Crippen LogP contribution >= 0.6 is 0 Å². The largest absolute Gasteiger partial charge is 0.454 e. The molecule has 1 aliphatic heterocycles. The third-order valence-corrected chi connectivity index (χ3v) is 6.97. The number of hydrogen-bond acceptors (Lipinski definition) is 4. The summed E-state index contributed by atoms with van der Waals surface area (Å²) >= 11 is 0. The van der Waals surface area contributed by atoms with Gasteiger partial charge in [0.25, 0.3) is 0 Å². The number of nitrogens with zero attached hydrogens (tertiary/aromatic N) is 1. The number of methoxy groups -OCH3 is 1. The predicted molar refractivity (Wildman–Crippen MR) is 135 cm³/mol. The normalized spacial score (nSPS) is 18.3. The van der Waals surface area contributed by atoms with E-state index in [1.165, 1.54) is 5.56 Å². The van der Waals surface area contributed by atoms with Gasteiger partial charge < -0.3 is 24.1 Å². The molecule has 0 saturated heterocycles. The molecule has 6 nitrogen and oxygen atoms in total. The summed E-state index contributed by atoms with van der Waals surface area (Å²) in [4.78, 5) is 13.1. The SMILES string of the molecule is CO[C@H]1Cc2ccccc2[C@H]1NC(=O)C=Cc1c(-c2ccccc2)n(C)c2cc3c(cc12)OCO3. The molecule has 0 spiro atoms. The summed E-state index contributed by atoms with van der Waals surface area (Å²) in [5.41, 5.74) is 6.38. The van der Waals surface area contributed by atoms with E-state index in [4.69, 9.17) is 14.2 Å². The van der Waals surface area contributed by atoms with Crippen LogP contribution in [0.15, 0.2) is 72.8 Å². The highest BCUT2D eigenvalue weighted by Crippen LogP contribution is 2.42. The van der Waals surface area contributed by atoms with Gasteiger partial charge in [-0.05, 0) is 28.8 Å². The molecule has 1 N–H and O–H groups in total. The highest BCUT2D eigenvalue weighted by Gasteiger charge is 2.33. The molecule has 1 aromatic heterocycles. The van der Waals surface area contributed by atoms with Gasteiger partial charge in [0.1, 0.15) is 0 Å². The molecular weight excluding hydrogens is 440 g/mol. The summed E-state index contributed by atoms with van der Waals surface area (Å²) in [6.45, 7) is 0.217. The van der Waals surface area contributed by atoms with Crippen molar-refractivity contribution in [3.05, 3.63) is 89.5 Å². The van der Waals surface area contributed by atoms with E-state index in [2.05, 4.69) is 34.1 Å². The number of carbonyl (C=O) groups excluding carboxylic acids is 1. The number of hydrogen-bond donors (Lipinski definition) is 1. The predicted octanol–water partition coefficient (Wildman–Crippen LogP) is 5.02. The van der Waals surface area contributed by atoms with Crippen LogP contribution < -0.4 is 14.8 Å². The van der Waals surface area contributed by atoms with E-state index in [-0.39, 0.29) is 24.8 Å². The van der Waals surface area contributed by atoms with Crippen molar-refractivity contribution in [2.45, 2.75) is 18.6 Å². The van der Waals surface area contributed by atoms with Crippen molar-refractivity contribution in [1.29, 1.82) is 0 Å². The minimum Gasteiger partial charge on any atom is -0.454 e. The Bertz CT molecular complexity index is 1450. The van der Waals surface area contributed by atoms with Crippen molar-refractivity contribution in [1.82, 2.24) is 9.88 Å². The summed E-state index contributed by atoms with van der Waals surface area (Å²) in [6.07, 6.45) is 4.21. The fraction of sp³-hybridized carbons (Fsp3) is 0.207. The van der Waals surface area contributed by atoms with Crippen LogP contribution in [0.25, 0.3) is 28.2 Å². The number of rotatable bonds is 5. The lowest BCUT2D eigenvalue weighted by molar-refractivity contribution is -0.118. The van der Waals surface area contributed by atoms with Crippen molar-refractivity contribution in [3.63, 3.8) is 0 Å². The minimum absolute atomic E-state index is 0.0816. The molecule has 1 aliphatic carbocycles. The summed E-state index contributed by atoms with van der Waals surface area (Å²) < 4.78 is 19.1. The molecule has 0 unspecified atom stereocenters. The lowest BCUT2D eigenvalue weighted by atomic mass is 10.0. The Hall–Kier alpha value is -4.03. The second kappa shape index (κ2) is 8.64. The van der Waals surface area contributed by atoms with E-state index in [1.807, 2.05) is 55.6 Å². The van der Waals surface area contributed by atoms with Gasteiger partial charge in [0, 0.05) is 43.7 Å². The zero-order chi connectivity index (χ0) is 23.9. The third-order valence-electron chi connectivity index (χ3n) is 6.97. The average Bonchev–Trinajstić information content (AvgIpc) is 3.56. The summed E-state index contributed by atoms with van der Waals surface area (Å²) in [5.74, 6) is 1.29. The van der Waals surface area contributed by atoms with E-state index in [0.29, 0.717) is 5.75 Å². The number of benzene rings is 3. The molecule has 0 radical (unpaired) electrons. The Kier molecular flexibility index (Phi) is 5.30. The van der Waals surface area contributed by atoms with Crippen LogP contribution in [0.4, 0.5) is 0 Å². The van der Waals surface area contributed by atoms with Crippen LogP contribution in [-0.4, -0.2) is 30.5 Å². The molecule has 6 rings (SSSR count). The van der Waals surface area contributed by atoms with Gasteiger partial charge in [-0.1, -0.05) is 54.6 Å². The van der Waals surface area contributed by atoms with Gasteiger partial charge in [0.15, 0.2) is 11.5 Å². The summed E-state index contributed by atoms with van der Waals surface area (Å²) in [6, 6.07) is 22.2. The Morgan fingerprint density at radius 3 is 2.60 bits per heavy atom. The lowest BCUT2D eigenvalue weighted by Crippen LogP contribution is -2.33. The van der Waals surface area contributed by atoms with Crippen LogP contribution in [0.5, 0.6) is 11.5 Å². The number of aryl methyl sites for hydroxylation is 1. The third kappa shape index (κ3) is 3.67. The fourth-order valence-corrected chi connectivity index (χ4v) is 5.28. The highest BCUT2D eigenvalue weighted by atomic mass is 16.7. The van der Waals surface area contributed by atoms with Crippen LogP contribution in [0.2, 0.25) is 0 Å².